The predicted molar refractivity (Wildman–Crippen MR) is 42.7 cm³/mol. The van der Waals surface area contributed by atoms with Gasteiger partial charge in [0.25, 0.3) is 0 Å². The molecule has 11 heavy (non-hydrogen) atoms. The third kappa shape index (κ3) is 1.15. The molecule has 0 atom stereocenters. The van der Waals surface area contributed by atoms with Crippen molar-refractivity contribution in [1.29, 1.82) is 0 Å². The minimum absolute atomic E-state index is 0.199. The summed E-state index contributed by atoms with van der Waals surface area (Å²) in [6, 6.07) is 0. The van der Waals surface area contributed by atoms with Gasteiger partial charge in [-0.25, -0.2) is 9.59 Å². The molecule has 0 aromatic rings. The molecule has 1 heterocycles. The van der Waals surface area contributed by atoms with Gasteiger partial charge in [-0.3, -0.25) is 0 Å². The second-order valence-corrected chi connectivity index (χ2v) is 2.14. The van der Waals surface area contributed by atoms with Crippen LogP contribution in [0, 0.1) is 0 Å². The van der Waals surface area contributed by atoms with Gasteiger partial charge in [0.15, 0.2) is 0 Å². The Bertz CT molecular complexity index is 260. The van der Waals surface area contributed by atoms with Crippen LogP contribution < -0.4 is 0 Å². The van der Waals surface area contributed by atoms with Crippen molar-refractivity contribution in [2.24, 2.45) is 0 Å². The topological polar surface area (TPSA) is 43.4 Å². The summed E-state index contributed by atoms with van der Waals surface area (Å²) in [5.41, 5.74) is 0.409. The standard InChI is InChI=1S/C7H5O3P/c1-2-4-5(3-11)7(9)10-6(4)8/h2-3,11H,1H2. The zero-order valence-corrected chi connectivity index (χ0v) is 6.59. The average molecular weight is 168 g/mol. The lowest BCUT2D eigenvalue weighted by Crippen LogP contribution is -2.01. The summed E-state index contributed by atoms with van der Waals surface area (Å²) in [4.78, 5) is 21.5. The van der Waals surface area contributed by atoms with Crippen molar-refractivity contribution >= 4 is 26.6 Å². The molecule has 0 bridgehead atoms. The van der Waals surface area contributed by atoms with E-state index in [4.69, 9.17) is 0 Å². The van der Waals surface area contributed by atoms with E-state index >= 15 is 0 Å². The highest BCUT2D eigenvalue weighted by Crippen LogP contribution is 2.16. The van der Waals surface area contributed by atoms with Crippen LogP contribution in [0.1, 0.15) is 0 Å². The number of ether oxygens (including phenoxy) is 1. The maximum Gasteiger partial charge on any atom is 0.347 e. The third-order valence-electron chi connectivity index (χ3n) is 1.26. The van der Waals surface area contributed by atoms with Gasteiger partial charge in [0.1, 0.15) is 0 Å². The van der Waals surface area contributed by atoms with E-state index in [-0.39, 0.29) is 11.1 Å². The van der Waals surface area contributed by atoms with E-state index < -0.39 is 11.9 Å². The molecule has 0 spiro atoms. The Hall–Kier alpha value is -1.21. The average Bonchev–Trinajstić information content (AvgIpc) is 2.24. The fourth-order valence-corrected chi connectivity index (χ4v) is 1.02. The number of rotatable bonds is 2. The van der Waals surface area contributed by atoms with Gasteiger partial charge in [0, 0.05) is 0 Å². The normalized spacial score (nSPS) is 16.7. The highest BCUT2D eigenvalue weighted by molar-refractivity contribution is 7.19. The van der Waals surface area contributed by atoms with Gasteiger partial charge in [0.05, 0.1) is 11.1 Å². The molecule has 56 valence electrons. The smallest absolute Gasteiger partial charge is 0.347 e. The summed E-state index contributed by atoms with van der Waals surface area (Å²) in [6.45, 7) is 3.37. The van der Waals surface area contributed by atoms with Crippen LogP contribution in [-0.2, 0) is 14.3 Å². The zero-order chi connectivity index (χ0) is 8.43. The van der Waals surface area contributed by atoms with Crippen molar-refractivity contribution < 1.29 is 14.3 Å². The number of hydrogen-bond acceptors (Lipinski definition) is 3. The summed E-state index contributed by atoms with van der Waals surface area (Å²) in [7, 11) is 2.99. The van der Waals surface area contributed by atoms with E-state index in [2.05, 4.69) is 20.2 Å². The van der Waals surface area contributed by atoms with E-state index in [1.54, 1.807) is 0 Å². The van der Waals surface area contributed by atoms with E-state index in [1.807, 2.05) is 0 Å². The Kier molecular flexibility index (Phi) is 2.01. The Labute approximate surface area is 65.6 Å². The maximum absolute atomic E-state index is 10.8. The Morgan fingerprint density at radius 2 is 1.82 bits per heavy atom. The number of carbonyl (C=O) groups excluding carboxylic acids is 2. The van der Waals surface area contributed by atoms with Crippen molar-refractivity contribution in [2.75, 3.05) is 0 Å². The molecule has 0 radical (unpaired) electrons. The third-order valence-corrected chi connectivity index (χ3v) is 1.55. The maximum atomic E-state index is 10.8. The SMILES string of the molecule is C=CC1=C(C=P)C(=O)OC1=O. The molecule has 3 nitrogen and oxygen atoms in total. The summed E-state index contributed by atoms with van der Waals surface area (Å²) in [5, 5.41) is 0. The van der Waals surface area contributed by atoms with Crippen LogP contribution in [0.3, 0.4) is 0 Å². The van der Waals surface area contributed by atoms with Gasteiger partial charge in [-0.1, -0.05) is 12.7 Å². The lowest BCUT2D eigenvalue weighted by atomic mass is 10.2. The largest absolute Gasteiger partial charge is 0.386 e. The second-order valence-electron chi connectivity index (χ2n) is 1.85. The van der Waals surface area contributed by atoms with E-state index in [9.17, 15) is 9.59 Å². The highest BCUT2D eigenvalue weighted by atomic mass is 31.0. The van der Waals surface area contributed by atoms with Crippen LogP contribution >= 0.6 is 8.86 Å². The van der Waals surface area contributed by atoms with Crippen molar-refractivity contribution in [3.05, 3.63) is 23.8 Å². The predicted octanol–water partition coefficient (Wildman–Crippen LogP) is 0.497. The van der Waals surface area contributed by atoms with Crippen LogP contribution in [0.25, 0.3) is 0 Å². The summed E-state index contributed by atoms with van der Waals surface area (Å²) in [6.07, 6.45) is 1.29. The molecule has 0 amide bonds. The monoisotopic (exact) mass is 168 g/mol. The van der Waals surface area contributed by atoms with Crippen LogP contribution in [0.4, 0.5) is 0 Å². The van der Waals surface area contributed by atoms with Gasteiger partial charge < -0.3 is 4.74 Å². The van der Waals surface area contributed by atoms with Crippen molar-refractivity contribution in [3.8, 4) is 0 Å². The van der Waals surface area contributed by atoms with Crippen molar-refractivity contribution in [3.63, 3.8) is 0 Å². The van der Waals surface area contributed by atoms with Gasteiger partial charge in [-0.15, -0.1) is 8.86 Å². The molecule has 1 rings (SSSR count). The van der Waals surface area contributed by atoms with Crippen LogP contribution in [-0.4, -0.2) is 17.7 Å². The van der Waals surface area contributed by atoms with Crippen molar-refractivity contribution in [2.45, 2.75) is 0 Å². The highest BCUT2D eigenvalue weighted by Gasteiger charge is 2.28. The number of hydrogen-bond donors (Lipinski definition) is 0. The zero-order valence-electron chi connectivity index (χ0n) is 5.59. The first kappa shape index (κ1) is 7.89. The lowest BCUT2D eigenvalue weighted by Gasteiger charge is -1.84. The van der Waals surface area contributed by atoms with Gasteiger partial charge in [-0.2, -0.15) is 0 Å². The van der Waals surface area contributed by atoms with E-state index in [0.717, 1.165) is 0 Å². The molecule has 4 heteroatoms. The van der Waals surface area contributed by atoms with Gasteiger partial charge in [0.2, 0.25) is 0 Å². The fraction of sp³-hybridized carbons (Fsp3) is 0. The first-order chi connectivity index (χ1) is 5.20. The molecule has 0 fully saturated rings. The minimum Gasteiger partial charge on any atom is -0.386 e. The van der Waals surface area contributed by atoms with Crippen LogP contribution in [0.2, 0.25) is 0 Å². The first-order valence-corrected chi connectivity index (χ1v) is 3.42. The lowest BCUT2D eigenvalue weighted by molar-refractivity contribution is -0.150. The molecule has 1 aliphatic heterocycles. The fourth-order valence-electron chi connectivity index (χ4n) is 0.744. The quantitative estimate of drug-likeness (QED) is 0.342. The molecular formula is C7H5O3P. The van der Waals surface area contributed by atoms with Crippen LogP contribution in [0.5, 0.6) is 0 Å². The van der Waals surface area contributed by atoms with Crippen molar-refractivity contribution in [1.82, 2.24) is 0 Å². The first-order valence-electron chi connectivity index (χ1n) is 2.84. The molecule has 0 aliphatic carbocycles. The van der Waals surface area contributed by atoms with Gasteiger partial charge >= 0.3 is 11.9 Å². The molecule has 0 saturated heterocycles. The molecule has 0 aromatic heterocycles. The molecular weight excluding hydrogens is 163 g/mol. The molecule has 0 saturated carbocycles. The second kappa shape index (κ2) is 2.81. The number of carbonyl (C=O) groups is 2. The van der Waals surface area contributed by atoms with E-state index in [0.29, 0.717) is 0 Å². The molecule has 0 unspecified atom stereocenters. The van der Waals surface area contributed by atoms with Crippen LogP contribution in [0.15, 0.2) is 23.8 Å². The Morgan fingerprint density at radius 1 is 1.27 bits per heavy atom. The summed E-state index contributed by atoms with van der Waals surface area (Å²) in [5.74, 6) is 0.0546. The number of cyclic esters (lactones) is 2. The van der Waals surface area contributed by atoms with Gasteiger partial charge in [-0.05, 0) is 5.80 Å². The molecule has 0 aromatic carbocycles. The summed E-state index contributed by atoms with van der Waals surface area (Å²) < 4.78 is 4.28. The molecule has 0 N–H and O–H groups in total. The van der Waals surface area contributed by atoms with E-state index in [1.165, 1.54) is 11.9 Å². The Balaban J connectivity index is 3.22. The summed E-state index contributed by atoms with van der Waals surface area (Å²) >= 11 is 0. The number of esters is 2. The Morgan fingerprint density at radius 3 is 2.18 bits per heavy atom. The molecule has 1 aliphatic rings. The minimum atomic E-state index is -0.644.